The number of pyridine rings is 1. The van der Waals surface area contributed by atoms with Crippen LogP contribution < -0.4 is 0 Å². The lowest BCUT2D eigenvalue weighted by Crippen LogP contribution is -2.58. The predicted molar refractivity (Wildman–Crippen MR) is 66.8 cm³/mol. The summed E-state index contributed by atoms with van der Waals surface area (Å²) < 4.78 is 13.0. The third-order valence-corrected chi connectivity index (χ3v) is 3.54. The molecule has 0 unspecified atom stereocenters. The quantitative estimate of drug-likeness (QED) is 0.708. The van der Waals surface area contributed by atoms with Crippen LogP contribution in [0.15, 0.2) is 18.2 Å². The Kier molecular flexibility index (Phi) is 3.34. The van der Waals surface area contributed by atoms with Crippen molar-refractivity contribution in [1.29, 1.82) is 0 Å². The van der Waals surface area contributed by atoms with Gasteiger partial charge < -0.3 is 4.90 Å². The Balaban J connectivity index is 2.15. The summed E-state index contributed by atoms with van der Waals surface area (Å²) in [4.78, 5) is 19.8. The summed E-state index contributed by atoms with van der Waals surface area (Å²) in [6, 6.07) is 4.30. The summed E-state index contributed by atoms with van der Waals surface area (Å²) in [5.74, 6) is -0.815. The molecular formula is C13H18FN3O. The molecule has 1 fully saturated rings. The van der Waals surface area contributed by atoms with Gasteiger partial charge >= 0.3 is 0 Å². The average molecular weight is 251 g/mol. The Morgan fingerprint density at radius 1 is 1.39 bits per heavy atom. The van der Waals surface area contributed by atoms with E-state index in [1.807, 2.05) is 7.05 Å². The number of likely N-dealkylation sites (N-methyl/N-ethyl adjacent to an activating group) is 1. The van der Waals surface area contributed by atoms with Gasteiger partial charge in [-0.2, -0.15) is 4.39 Å². The second-order valence-electron chi connectivity index (χ2n) is 5.31. The number of amides is 1. The first-order valence-corrected chi connectivity index (χ1v) is 6.03. The number of hydrogen-bond acceptors (Lipinski definition) is 3. The van der Waals surface area contributed by atoms with Crippen molar-refractivity contribution in [2.45, 2.75) is 19.4 Å². The largest absolute Gasteiger partial charge is 0.334 e. The zero-order valence-corrected chi connectivity index (χ0v) is 11.0. The number of halogens is 1. The molecule has 1 aromatic rings. The third kappa shape index (κ3) is 2.51. The first kappa shape index (κ1) is 13.0. The van der Waals surface area contributed by atoms with Crippen molar-refractivity contribution in [3.8, 4) is 0 Å². The molecule has 0 aromatic carbocycles. The van der Waals surface area contributed by atoms with Crippen LogP contribution in [0, 0.1) is 5.95 Å². The fourth-order valence-electron chi connectivity index (χ4n) is 2.10. The van der Waals surface area contributed by atoms with E-state index in [4.69, 9.17) is 0 Å². The van der Waals surface area contributed by atoms with Crippen LogP contribution in [0.2, 0.25) is 0 Å². The highest BCUT2D eigenvalue weighted by molar-refractivity contribution is 5.92. The van der Waals surface area contributed by atoms with Crippen molar-refractivity contribution >= 4 is 5.91 Å². The molecule has 0 atom stereocenters. The lowest BCUT2D eigenvalue weighted by Gasteiger charge is -2.45. The van der Waals surface area contributed by atoms with E-state index in [1.165, 1.54) is 12.1 Å². The fraction of sp³-hybridized carbons (Fsp3) is 0.538. The van der Waals surface area contributed by atoms with Crippen LogP contribution >= 0.6 is 0 Å². The Morgan fingerprint density at radius 2 is 2.11 bits per heavy atom. The highest BCUT2D eigenvalue weighted by Crippen LogP contribution is 2.20. The van der Waals surface area contributed by atoms with E-state index in [1.54, 1.807) is 11.0 Å². The minimum absolute atomic E-state index is 0.0682. The third-order valence-electron chi connectivity index (χ3n) is 3.54. The lowest BCUT2D eigenvalue weighted by molar-refractivity contribution is 0.0306. The average Bonchev–Trinajstić information content (AvgIpc) is 2.31. The van der Waals surface area contributed by atoms with Gasteiger partial charge in [-0.1, -0.05) is 6.07 Å². The Hall–Kier alpha value is -1.49. The monoisotopic (exact) mass is 251 g/mol. The molecule has 18 heavy (non-hydrogen) atoms. The van der Waals surface area contributed by atoms with Crippen molar-refractivity contribution in [2.24, 2.45) is 0 Å². The summed E-state index contributed by atoms with van der Waals surface area (Å²) in [6.07, 6.45) is 0. The van der Waals surface area contributed by atoms with Crippen LogP contribution in [0.5, 0.6) is 0 Å². The predicted octanol–water partition coefficient (Wildman–Crippen LogP) is 1.39. The molecule has 2 heterocycles. The van der Waals surface area contributed by atoms with E-state index in [2.05, 4.69) is 23.7 Å². The van der Waals surface area contributed by atoms with Crippen molar-refractivity contribution in [3.05, 3.63) is 29.8 Å². The Morgan fingerprint density at radius 3 is 2.72 bits per heavy atom. The topological polar surface area (TPSA) is 36.4 Å². The van der Waals surface area contributed by atoms with Crippen molar-refractivity contribution in [2.75, 3.05) is 26.7 Å². The minimum atomic E-state index is -0.616. The van der Waals surface area contributed by atoms with Crippen LogP contribution in [0.3, 0.4) is 0 Å². The van der Waals surface area contributed by atoms with Crippen molar-refractivity contribution < 1.29 is 9.18 Å². The molecule has 0 N–H and O–H groups in total. The number of carbonyl (C=O) groups excluding carboxylic acids is 1. The SMILES string of the molecule is CN1CCN(C(=O)c2cccc(F)n2)CC1(C)C. The first-order valence-electron chi connectivity index (χ1n) is 6.03. The van der Waals surface area contributed by atoms with Gasteiger partial charge in [0.25, 0.3) is 5.91 Å². The van der Waals surface area contributed by atoms with Crippen molar-refractivity contribution in [3.63, 3.8) is 0 Å². The van der Waals surface area contributed by atoms with Gasteiger partial charge in [0.1, 0.15) is 5.69 Å². The highest BCUT2D eigenvalue weighted by atomic mass is 19.1. The number of piperazine rings is 1. The molecule has 1 amide bonds. The first-order chi connectivity index (χ1) is 8.40. The molecule has 2 rings (SSSR count). The molecule has 4 nitrogen and oxygen atoms in total. The second-order valence-corrected chi connectivity index (χ2v) is 5.31. The normalized spacial score (nSPS) is 19.9. The number of carbonyl (C=O) groups is 1. The van der Waals surface area contributed by atoms with Crippen molar-refractivity contribution in [1.82, 2.24) is 14.8 Å². The second kappa shape index (κ2) is 4.65. The van der Waals surface area contributed by atoms with Gasteiger partial charge in [0.15, 0.2) is 0 Å². The van der Waals surface area contributed by atoms with Crippen LogP contribution in [0.4, 0.5) is 4.39 Å². The maximum atomic E-state index is 13.0. The molecule has 98 valence electrons. The minimum Gasteiger partial charge on any atom is -0.334 e. The molecule has 0 bridgehead atoms. The zero-order valence-electron chi connectivity index (χ0n) is 11.0. The molecule has 0 saturated carbocycles. The maximum Gasteiger partial charge on any atom is 0.272 e. The smallest absolute Gasteiger partial charge is 0.272 e. The van der Waals surface area contributed by atoms with Crippen LogP contribution in [-0.4, -0.2) is 52.9 Å². The van der Waals surface area contributed by atoms with E-state index in [-0.39, 0.29) is 17.1 Å². The summed E-state index contributed by atoms with van der Waals surface area (Å²) in [5, 5.41) is 0. The Bertz CT molecular complexity index is 461. The molecule has 1 aliphatic heterocycles. The molecule has 0 radical (unpaired) electrons. The van der Waals surface area contributed by atoms with Gasteiger partial charge in [0.05, 0.1) is 0 Å². The molecule has 5 heteroatoms. The number of rotatable bonds is 1. The van der Waals surface area contributed by atoms with E-state index in [0.29, 0.717) is 13.1 Å². The number of nitrogens with zero attached hydrogens (tertiary/aromatic N) is 3. The standard InChI is InChI=1S/C13H18FN3O/c1-13(2)9-17(8-7-16(13)3)12(18)10-5-4-6-11(14)15-10/h4-6H,7-9H2,1-3H3. The van der Waals surface area contributed by atoms with E-state index < -0.39 is 5.95 Å². The fourth-order valence-corrected chi connectivity index (χ4v) is 2.10. The Labute approximate surface area is 106 Å². The van der Waals surface area contributed by atoms with Gasteiger partial charge in [-0.05, 0) is 33.0 Å². The van der Waals surface area contributed by atoms with Gasteiger partial charge in [0, 0.05) is 25.2 Å². The van der Waals surface area contributed by atoms with Crippen LogP contribution in [-0.2, 0) is 0 Å². The summed E-state index contributed by atoms with van der Waals surface area (Å²) >= 11 is 0. The zero-order chi connectivity index (χ0) is 13.3. The molecule has 1 aliphatic rings. The summed E-state index contributed by atoms with van der Waals surface area (Å²) in [7, 11) is 2.04. The van der Waals surface area contributed by atoms with Gasteiger partial charge in [-0.3, -0.25) is 9.69 Å². The molecule has 0 aliphatic carbocycles. The molecule has 1 saturated heterocycles. The van der Waals surface area contributed by atoms with Crippen LogP contribution in [0.1, 0.15) is 24.3 Å². The highest BCUT2D eigenvalue weighted by Gasteiger charge is 2.33. The summed E-state index contributed by atoms with van der Waals surface area (Å²) in [5.41, 5.74) is 0.108. The summed E-state index contributed by atoms with van der Waals surface area (Å²) in [6.45, 7) is 6.27. The number of hydrogen-bond donors (Lipinski definition) is 0. The molecular weight excluding hydrogens is 233 g/mol. The maximum absolute atomic E-state index is 13.0. The molecule has 1 aromatic heterocycles. The van der Waals surface area contributed by atoms with Crippen LogP contribution in [0.25, 0.3) is 0 Å². The van der Waals surface area contributed by atoms with E-state index in [0.717, 1.165) is 6.54 Å². The lowest BCUT2D eigenvalue weighted by atomic mass is 9.99. The van der Waals surface area contributed by atoms with E-state index in [9.17, 15) is 9.18 Å². The number of aromatic nitrogens is 1. The van der Waals surface area contributed by atoms with E-state index >= 15 is 0 Å². The van der Waals surface area contributed by atoms with Gasteiger partial charge in [-0.15, -0.1) is 0 Å². The molecule has 0 spiro atoms. The van der Waals surface area contributed by atoms with Gasteiger partial charge in [-0.25, -0.2) is 4.98 Å². The van der Waals surface area contributed by atoms with Gasteiger partial charge in [0.2, 0.25) is 5.95 Å².